The molecule has 1 aromatic carbocycles. The summed E-state index contributed by atoms with van der Waals surface area (Å²) in [6.07, 6.45) is 0.641. The van der Waals surface area contributed by atoms with E-state index >= 15 is 0 Å². The van der Waals surface area contributed by atoms with Gasteiger partial charge in [-0.2, -0.15) is 0 Å². The summed E-state index contributed by atoms with van der Waals surface area (Å²) in [7, 11) is -3.67. The van der Waals surface area contributed by atoms with Crippen LogP contribution in [-0.4, -0.2) is 45.5 Å². The Kier molecular flexibility index (Phi) is 8.20. The highest BCUT2D eigenvalue weighted by Crippen LogP contribution is 2.12. The average Bonchev–Trinajstić information content (AvgIpc) is 2.59. The minimum atomic E-state index is -3.67. The van der Waals surface area contributed by atoms with Crippen LogP contribution >= 0.6 is 0 Å². The molecule has 10 heteroatoms. The number of hydrogen-bond acceptors (Lipinski definition) is 6. The molecule has 0 heterocycles. The van der Waals surface area contributed by atoms with Crippen molar-refractivity contribution in [3.05, 3.63) is 29.8 Å². The fourth-order valence-corrected chi connectivity index (χ4v) is 3.10. The van der Waals surface area contributed by atoms with Crippen molar-refractivity contribution in [3.8, 4) is 0 Å². The fourth-order valence-electron chi connectivity index (χ4n) is 1.77. The number of imide groups is 1. The van der Waals surface area contributed by atoms with Gasteiger partial charge in [0.1, 0.15) is 0 Å². The summed E-state index contributed by atoms with van der Waals surface area (Å²) < 4.78 is 31.6. The van der Waals surface area contributed by atoms with E-state index in [-0.39, 0.29) is 16.5 Å². The molecule has 3 amide bonds. The molecule has 0 bridgehead atoms. The van der Waals surface area contributed by atoms with Gasteiger partial charge in [-0.25, -0.2) is 22.7 Å². The van der Waals surface area contributed by atoms with Gasteiger partial charge in [0.2, 0.25) is 10.0 Å². The van der Waals surface area contributed by atoms with Gasteiger partial charge in [-0.05, 0) is 44.5 Å². The normalized spacial score (nSPS) is 12.1. The highest BCUT2D eigenvalue weighted by Gasteiger charge is 2.18. The lowest BCUT2D eigenvalue weighted by atomic mass is 10.2. The van der Waals surface area contributed by atoms with E-state index in [2.05, 4.69) is 10.0 Å². The second-order valence-corrected chi connectivity index (χ2v) is 7.15. The fraction of sp³-hybridized carbons (Fsp3) is 0.438. The minimum Gasteiger partial charge on any atom is -0.452 e. The molecule has 0 saturated heterocycles. The molecule has 1 rings (SSSR count). The first-order chi connectivity index (χ1) is 12.2. The van der Waals surface area contributed by atoms with Crippen molar-refractivity contribution in [2.45, 2.75) is 38.1 Å². The van der Waals surface area contributed by atoms with Crippen molar-refractivity contribution < 1.29 is 27.5 Å². The van der Waals surface area contributed by atoms with Crippen molar-refractivity contribution >= 4 is 27.9 Å². The van der Waals surface area contributed by atoms with E-state index in [1.165, 1.54) is 24.3 Å². The number of urea groups is 1. The molecule has 1 aromatic rings. The van der Waals surface area contributed by atoms with E-state index in [1.807, 2.05) is 12.2 Å². The second kappa shape index (κ2) is 9.88. The highest BCUT2D eigenvalue weighted by atomic mass is 32.2. The van der Waals surface area contributed by atoms with Gasteiger partial charge in [-0.1, -0.05) is 6.92 Å². The predicted molar refractivity (Wildman–Crippen MR) is 94.0 cm³/mol. The van der Waals surface area contributed by atoms with Gasteiger partial charge in [-0.3, -0.25) is 10.1 Å². The Bertz CT molecular complexity index is 746. The van der Waals surface area contributed by atoms with Crippen molar-refractivity contribution in [3.63, 3.8) is 0 Å². The SMILES string of the molecule is CCNC(=O)NC(=O)COC(=O)c1ccc(S(=O)(=O)N[C@@H](C)CC)cc1. The van der Waals surface area contributed by atoms with Crippen LogP contribution in [0, 0.1) is 0 Å². The first kappa shape index (κ1) is 21.6. The standard InChI is InChI=1S/C16H23N3O6S/c1-4-11(3)19-26(23,24)13-8-6-12(7-9-13)15(21)25-10-14(20)18-16(22)17-5-2/h6-9,11,19H,4-5,10H2,1-3H3,(H2,17,18,20,22)/t11-/m0/s1. The lowest BCUT2D eigenvalue weighted by Crippen LogP contribution is -2.41. The summed E-state index contributed by atoms with van der Waals surface area (Å²) in [6, 6.07) is 4.22. The van der Waals surface area contributed by atoms with Gasteiger partial charge in [0, 0.05) is 12.6 Å². The Morgan fingerprint density at radius 1 is 1.12 bits per heavy atom. The van der Waals surface area contributed by atoms with Crippen LogP contribution in [0.5, 0.6) is 0 Å². The first-order valence-electron chi connectivity index (χ1n) is 8.06. The van der Waals surface area contributed by atoms with Crippen molar-refractivity contribution in [2.75, 3.05) is 13.2 Å². The molecule has 1 atom stereocenters. The van der Waals surface area contributed by atoms with Crippen LogP contribution in [0.4, 0.5) is 4.79 Å². The Hall–Kier alpha value is -2.46. The summed E-state index contributed by atoms with van der Waals surface area (Å²) in [5, 5.41) is 4.35. The summed E-state index contributed by atoms with van der Waals surface area (Å²) in [5.74, 6) is -1.59. The van der Waals surface area contributed by atoms with Crippen LogP contribution < -0.4 is 15.4 Å². The average molecular weight is 385 g/mol. The third-order valence-corrected chi connectivity index (χ3v) is 4.90. The van der Waals surface area contributed by atoms with E-state index < -0.39 is 34.5 Å². The minimum absolute atomic E-state index is 0.0170. The smallest absolute Gasteiger partial charge is 0.338 e. The first-order valence-corrected chi connectivity index (χ1v) is 9.55. The van der Waals surface area contributed by atoms with Crippen LogP contribution in [0.15, 0.2) is 29.2 Å². The Morgan fingerprint density at radius 3 is 2.27 bits per heavy atom. The number of sulfonamides is 1. The quantitative estimate of drug-likeness (QED) is 0.567. The van der Waals surface area contributed by atoms with Crippen LogP contribution in [0.2, 0.25) is 0 Å². The van der Waals surface area contributed by atoms with E-state index in [4.69, 9.17) is 4.74 Å². The Balaban J connectivity index is 2.64. The van der Waals surface area contributed by atoms with E-state index in [0.29, 0.717) is 13.0 Å². The molecule has 0 radical (unpaired) electrons. The van der Waals surface area contributed by atoms with Crippen molar-refractivity contribution in [1.82, 2.24) is 15.4 Å². The molecule has 0 unspecified atom stereocenters. The van der Waals surface area contributed by atoms with Gasteiger partial charge in [0.25, 0.3) is 5.91 Å². The molecule has 26 heavy (non-hydrogen) atoms. The van der Waals surface area contributed by atoms with E-state index in [0.717, 1.165) is 0 Å². The van der Waals surface area contributed by atoms with Crippen LogP contribution in [0.3, 0.4) is 0 Å². The number of ether oxygens (including phenoxy) is 1. The lowest BCUT2D eigenvalue weighted by Gasteiger charge is -2.12. The van der Waals surface area contributed by atoms with Gasteiger partial charge in [0.15, 0.2) is 6.61 Å². The number of carbonyl (C=O) groups is 3. The van der Waals surface area contributed by atoms with Crippen molar-refractivity contribution in [2.24, 2.45) is 0 Å². The van der Waals surface area contributed by atoms with Gasteiger partial charge >= 0.3 is 12.0 Å². The number of benzene rings is 1. The molecule has 144 valence electrons. The number of hydrogen-bond donors (Lipinski definition) is 3. The molecule has 0 fully saturated rings. The van der Waals surface area contributed by atoms with Gasteiger partial charge in [-0.15, -0.1) is 0 Å². The maximum absolute atomic E-state index is 12.1. The van der Waals surface area contributed by atoms with Crippen LogP contribution in [0.1, 0.15) is 37.6 Å². The van der Waals surface area contributed by atoms with E-state index in [1.54, 1.807) is 13.8 Å². The van der Waals surface area contributed by atoms with E-state index in [9.17, 15) is 22.8 Å². The monoisotopic (exact) mass is 385 g/mol. The summed E-state index contributed by atoms with van der Waals surface area (Å²) in [4.78, 5) is 34.5. The van der Waals surface area contributed by atoms with Crippen LogP contribution in [0.25, 0.3) is 0 Å². The molecule has 0 aliphatic heterocycles. The lowest BCUT2D eigenvalue weighted by molar-refractivity contribution is -0.123. The molecule has 0 saturated carbocycles. The molecule has 0 aliphatic rings. The summed E-state index contributed by atoms with van der Waals surface area (Å²) >= 11 is 0. The molecular weight excluding hydrogens is 362 g/mol. The maximum Gasteiger partial charge on any atom is 0.338 e. The highest BCUT2D eigenvalue weighted by molar-refractivity contribution is 7.89. The molecule has 0 spiro atoms. The second-order valence-electron chi connectivity index (χ2n) is 5.44. The van der Waals surface area contributed by atoms with Crippen LogP contribution in [-0.2, 0) is 19.6 Å². The zero-order valence-corrected chi connectivity index (χ0v) is 15.7. The van der Waals surface area contributed by atoms with Gasteiger partial charge < -0.3 is 10.1 Å². The molecule has 3 N–H and O–H groups in total. The number of esters is 1. The molecule has 0 aliphatic carbocycles. The molecular formula is C16H23N3O6S. The number of nitrogens with one attached hydrogen (secondary N) is 3. The third-order valence-electron chi connectivity index (χ3n) is 3.29. The summed E-state index contributed by atoms with van der Waals surface area (Å²) in [6.45, 7) is 5.00. The van der Waals surface area contributed by atoms with Gasteiger partial charge in [0.05, 0.1) is 10.5 Å². The number of rotatable bonds is 8. The zero-order valence-electron chi connectivity index (χ0n) is 14.9. The Morgan fingerprint density at radius 2 is 1.73 bits per heavy atom. The topological polar surface area (TPSA) is 131 Å². The maximum atomic E-state index is 12.1. The third kappa shape index (κ3) is 6.81. The largest absolute Gasteiger partial charge is 0.452 e. The number of carbonyl (C=O) groups excluding carboxylic acids is 3. The molecule has 9 nitrogen and oxygen atoms in total. The summed E-state index contributed by atoms with van der Waals surface area (Å²) in [5.41, 5.74) is 0.0818. The van der Waals surface area contributed by atoms with Crippen molar-refractivity contribution in [1.29, 1.82) is 0 Å². The predicted octanol–water partition coefficient (Wildman–Crippen LogP) is 0.766. The Labute approximate surface area is 152 Å². The molecule has 0 aromatic heterocycles. The zero-order chi connectivity index (χ0) is 19.7. The number of amides is 3.